The molecular formula is C13H17Cl. The molecule has 14 heavy (non-hydrogen) atoms. The minimum absolute atomic E-state index is 0.181. The highest BCUT2D eigenvalue weighted by molar-refractivity contribution is 6.23. The lowest BCUT2D eigenvalue weighted by atomic mass is 9.91. The number of alkyl halides is 1. The maximum absolute atomic E-state index is 5.94. The summed E-state index contributed by atoms with van der Waals surface area (Å²) in [6, 6.07) is 10.3. The van der Waals surface area contributed by atoms with Gasteiger partial charge in [-0.3, -0.25) is 0 Å². The van der Waals surface area contributed by atoms with Crippen molar-refractivity contribution in [3.63, 3.8) is 0 Å². The minimum Gasteiger partial charge on any atom is -0.122 e. The summed E-state index contributed by atoms with van der Waals surface area (Å²) in [5, 5.41) is 0. The van der Waals surface area contributed by atoms with E-state index in [2.05, 4.69) is 39.0 Å². The number of hydrogen-bond acceptors (Lipinski definition) is 0. The average Bonchev–Trinajstić information content (AvgIpc) is 2.14. The molecule has 0 amide bonds. The van der Waals surface area contributed by atoms with Gasteiger partial charge in [0.2, 0.25) is 0 Å². The van der Waals surface area contributed by atoms with Crippen LogP contribution in [0.3, 0.4) is 0 Å². The Bertz CT molecular complexity index is 304. The van der Waals surface area contributed by atoms with Crippen LogP contribution >= 0.6 is 11.6 Å². The summed E-state index contributed by atoms with van der Waals surface area (Å²) in [7, 11) is 0. The van der Waals surface area contributed by atoms with Gasteiger partial charge < -0.3 is 0 Å². The van der Waals surface area contributed by atoms with Gasteiger partial charge in [-0.25, -0.2) is 0 Å². The number of hydrogen-bond donors (Lipinski definition) is 0. The maximum Gasteiger partial charge on any atom is 0.0477 e. The van der Waals surface area contributed by atoms with E-state index in [1.54, 1.807) is 0 Å². The molecule has 0 fully saturated rings. The van der Waals surface area contributed by atoms with E-state index in [9.17, 15) is 0 Å². The van der Waals surface area contributed by atoms with Crippen LogP contribution in [0.1, 0.15) is 26.3 Å². The highest BCUT2D eigenvalue weighted by atomic mass is 35.5. The van der Waals surface area contributed by atoms with Crippen molar-refractivity contribution in [1.82, 2.24) is 0 Å². The van der Waals surface area contributed by atoms with Crippen LogP contribution in [0.15, 0.2) is 36.4 Å². The Morgan fingerprint density at radius 3 is 2.21 bits per heavy atom. The Labute approximate surface area is 91.6 Å². The number of rotatable bonds is 2. The number of benzene rings is 1. The highest BCUT2D eigenvalue weighted by Crippen LogP contribution is 2.24. The van der Waals surface area contributed by atoms with Gasteiger partial charge in [-0.15, -0.1) is 11.6 Å². The van der Waals surface area contributed by atoms with Crippen LogP contribution in [0.4, 0.5) is 0 Å². The SMILES string of the molecule is CC(C)(C)C=C(CCl)c1ccccc1. The fourth-order valence-corrected chi connectivity index (χ4v) is 1.61. The molecule has 1 heteroatoms. The van der Waals surface area contributed by atoms with E-state index in [-0.39, 0.29) is 5.41 Å². The highest BCUT2D eigenvalue weighted by Gasteiger charge is 2.08. The standard InChI is InChI=1S/C13H17Cl/c1-13(2,3)9-12(10-14)11-7-5-4-6-8-11/h4-9H,10H2,1-3H3. The molecule has 0 nitrogen and oxygen atoms in total. The lowest BCUT2D eigenvalue weighted by Gasteiger charge is -2.15. The summed E-state index contributed by atoms with van der Waals surface area (Å²) < 4.78 is 0. The molecule has 0 aliphatic heterocycles. The van der Waals surface area contributed by atoms with Crippen LogP contribution in [-0.2, 0) is 0 Å². The lowest BCUT2D eigenvalue weighted by Crippen LogP contribution is -2.01. The molecular weight excluding hydrogens is 192 g/mol. The molecule has 0 unspecified atom stereocenters. The smallest absolute Gasteiger partial charge is 0.0477 e. The Balaban J connectivity index is 3.00. The average molecular weight is 209 g/mol. The van der Waals surface area contributed by atoms with E-state index in [4.69, 9.17) is 11.6 Å². The molecule has 0 atom stereocenters. The van der Waals surface area contributed by atoms with E-state index in [0.29, 0.717) is 5.88 Å². The summed E-state index contributed by atoms with van der Waals surface area (Å²) in [6.07, 6.45) is 2.23. The molecule has 0 saturated heterocycles. The van der Waals surface area contributed by atoms with Gasteiger partial charge in [-0.2, -0.15) is 0 Å². The van der Waals surface area contributed by atoms with Crippen LogP contribution in [0.5, 0.6) is 0 Å². The molecule has 1 aromatic carbocycles. The second kappa shape index (κ2) is 4.65. The van der Waals surface area contributed by atoms with Gasteiger partial charge in [0.25, 0.3) is 0 Å². The molecule has 0 saturated carbocycles. The minimum atomic E-state index is 0.181. The van der Waals surface area contributed by atoms with Crippen LogP contribution < -0.4 is 0 Å². The number of allylic oxidation sites excluding steroid dienone is 2. The Kier molecular flexibility index (Phi) is 3.77. The Morgan fingerprint density at radius 2 is 1.79 bits per heavy atom. The lowest BCUT2D eigenvalue weighted by molar-refractivity contribution is 0.545. The first-order valence-corrected chi connectivity index (χ1v) is 5.39. The normalized spacial score (nSPS) is 13.0. The quantitative estimate of drug-likeness (QED) is 0.634. The monoisotopic (exact) mass is 208 g/mol. The third-order valence-electron chi connectivity index (χ3n) is 1.90. The fraction of sp³-hybridized carbons (Fsp3) is 0.385. The topological polar surface area (TPSA) is 0 Å². The molecule has 0 spiro atoms. The van der Waals surface area contributed by atoms with E-state index in [1.165, 1.54) is 11.1 Å². The predicted molar refractivity (Wildman–Crippen MR) is 64.6 cm³/mol. The summed E-state index contributed by atoms with van der Waals surface area (Å²) >= 11 is 5.94. The summed E-state index contributed by atoms with van der Waals surface area (Å²) in [5.41, 5.74) is 2.61. The van der Waals surface area contributed by atoms with Crippen molar-refractivity contribution in [3.8, 4) is 0 Å². The fourth-order valence-electron chi connectivity index (χ4n) is 1.37. The van der Waals surface area contributed by atoms with Crippen molar-refractivity contribution in [2.24, 2.45) is 5.41 Å². The van der Waals surface area contributed by atoms with Gasteiger partial charge in [0.05, 0.1) is 0 Å². The van der Waals surface area contributed by atoms with Crippen LogP contribution in [0.2, 0.25) is 0 Å². The molecule has 0 aromatic heterocycles. The summed E-state index contributed by atoms with van der Waals surface area (Å²) in [6.45, 7) is 6.55. The van der Waals surface area contributed by atoms with Crippen molar-refractivity contribution in [1.29, 1.82) is 0 Å². The zero-order valence-corrected chi connectivity index (χ0v) is 9.81. The van der Waals surface area contributed by atoms with Crippen molar-refractivity contribution >= 4 is 17.2 Å². The van der Waals surface area contributed by atoms with E-state index >= 15 is 0 Å². The van der Waals surface area contributed by atoms with E-state index < -0.39 is 0 Å². The predicted octanol–water partition coefficient (Wildman–Crippen LogP) is 4.35. The zero-order valence-electron chi connectivity index (χ0n) is 9.05. The van der Waals surface area contributed by atoms with Crippen molar-refractivity contribution in [2.45, 2.75) is 20.8 Å². The van der Waals surface area contributed by atoms with Crippen LogP contribution in [-0.4, -0.2) is 5.88 Å². The van der Waals surface area contributed by atoms with Gasteiger partial charge in [0.1, 0.15) is 0 Å². The molecule has 0 heterocycles. The van der Waals surface area contributed by atoms with Gasteiger partial charge in [0, 0.05) is 5.88 Å². The van der Waals surface area contributed by atoms with Gasteiger partial charge in [-0.05, 0) is 16.6 Å². The third kappa shape index (κ3) is 3.55. The van der Waals surface area contributed by atoms with Crippen molar-refractivity contribution < 1.29 is 0 Å². The molecule has 1 aromatic rings. The molecule has 0 bridgehead atoms. The summed E-state index contributed by atoms with van der Waals surface area (Å²) in [4.78, 5) is 0. The van der Waals surface area contributed by atoms with E-state index in [0.717, 1.165) is 0 Å². The zero-order chi connectivity index (χ0) is 10.6. The largest absolute Gasteiger partial charge is 0.122 e. The molecule has 76 valence electrons. The first kappa shape index (κ1) is 11.3. The van der Waals surface area contributed by atoms with Crippen molar-refractivity contribution in [2.75, 3.05) is 5.88 Å². The van der Waals surface area contributed by atoms with Crippen LogP contribution in [0, 0.1) is 5.41 Å². The first-order chi connectivity index (χ1) is 6.53. The number of halogens is 1. The van der Waals surface area contributed by atoms with Gasteiger partial charge in [-0.1, -0.05) is 57.2 Å². The maximum atomic E-state index is 5.94. The molecule has 0 aliphatic rings. The van der Waals surface area contributed by atoms with Crippen LogP contribution in [0.25, 0.3) is 5.57 Å². The summed E-state index contributed by atoms with van der Waals surface area (Å²) in [5.74, 6) is 0.571. The molecule has 1 rings (SSSR count). The van der Waals surface area contributed by atoms with Gasteiger partial charge >= 0.3 is 0 Å². The van der Waals surface area contributed by atoms with E-state index in [1.807, 2.05) is 18.2 Å². The Hall–Kier alpha value is -0.750. The Morgan fingerprint density at radius 1 is 1.21 bits per heavy atom. The van der Waals surface area contributed by atoms with Crippen molar-refractivity contribution in [3.05, 3.63) is 42.0 Å². The second-order valence-electron chi connectivity index (χ2n) is 4.54. The second-order valence-corrected chi connectivity index (χ2v) is 4.80. The first-order valence-electron chi connectivity index (χ1n) is 4.86. The van der Waals surface area contributed by atoms with Gasteiger partial charge in [0.15, 0.2) is 0 Å². The molecule has 0 radical (unpaired) electrons. The molecule has 0 N–H and O–H groups in total. The molecule has 0 aliphatic carbocycles. The third-order valence-corrected chi connectivity index (χ3v) is 2.18.